The number of rotatable bonds is 6. The van der Waals surface area contributed by atoms with E-state index in [4.69, 9.17) is 32.0 Å². The van der Waals surface area contributed by atoms with E-state index < -0.39 is 34.3 Å². The molecule has 170 valence electrons. The molecule has 32 heavy (non-hydrogen) atoms. The summed E-state index contributed by atoms with van der Waals surface area (Å²) in [6, 6.07) is 14.8. The predicted molar refractivity (Wildman–Crippen MR) is 125 cm³/mol. The molecule has 0 aliphatic heterocycles. The Morgan fingerprint density at radius 3 is 0.969 bits per heavy atom. The molecule has 3 aromatic carbocycles. The summed E-state index contributed by atoms with van der Waals surface area (Å²) in [6.07, 6.45) is 0. The lowest BCUT2D eigenvalue weighted by molar-refractivity contribution is 0.592. The maximum Gasteiger partial charge on any atom is 0.261 e. The Bertz CT molecular complexity index is 1400. The fraction of sp³-hybridized carbons (Fsp3) is 0. The molecular formula is C18H12Cl3O7PS3. The molecular weight excluding hydrogens is 562 g/mol. The lowest BCUT2D eigenvalue weighted by Gasteiger charge is -2.21. The van der Waals surface area contributed by atoms with Crippen LogP contribution in [0.3, 0.4) is 0 Å². The van der Waals surface area contributed by atoms with Gasteiger partial charge in [-0.15, -0.1) is 0 Å². The van der Waals surface area contributed by atoms with Crippen molar-refractivity contribution in [1.82, 2.24) is 0 Å². The zero-order valence-corrected chi connectivity index (χ0v) is 21.2. The largest absolute Gasteiger partial charge is 0.309 e. The highest BCUT2D eigenvalue weighted by molar-refractivity contribution is 8.14. The van der Waals surface area contributed by atoms with Crippen molar-refractivity contribution in [2.24, 2.45) is 0 Å². The second kappa shape index (κ2) is 8.76. The average molecular weight is 574 g/mol. The van der Waals surface area contributed by atoms with E-state index in [1.165, 1.54) is 54.6 Å². The summed E-state index contributed by atoms with van der Waals surface area (Å²) < 4.78 is 85.6. The van der Waals surface area contributed by atoms with E-state index in [0.717, 1.165) is 18.2 Å². The fourth-order valence-corrected chi connectivity index (χ4v) is 8.34. The van der Waals surface area contributed by atoms with Gasteiger partial charge in [0, 0.05) is 48.0 Å². The van der Waals surface area contributed by atoms with Gasteiger partial charge in [0.1, 0.15) is 0 Å². The first-order valence-electron chi connectivity index (χ1n) is 8.39. The maximum absolute atomic E-state index is 14.5. The molecule has 0 aliphatic rings. The third-order valence-corrected chi connectivity index (χ3v) is 11.5. The Hall–Kier alpha value is -1.39. The quantitative estimate of drug-likeness (QED) is 0.328. The zero-order valence-electron chi connectivity index (χ0n) is 15.6. The summed E-state index contributed by atoms with van der Waals surface area (Å²) in [5.74, 6) is 0. The number of hydrogen-bond donors (Lipinski definition) is 0. The molecule has 0 amide bonds. The van der Waals surface area contributed by atoms with Gasteiger partial charge in [-0.05, 0) is 36.4 Å². The Morgan fingerprint density at radius 1 is 0.500 bits per heavy atom. The third-order valence-electron chi connectivity index (χ3n) is 4.39. The Morgan fingerprint density at radius 2 is 0.750 bits per heavy atom. The highest BCUT2D eigenvalue weighted by Gasteiger charge is 2.33. The molecule has 0 fully saturated rings. The molecule has 0 aromatic heterocycles. The summed E-state index contributed by atoms with van der Waals surface area (Å²) in [5, 5.41) is -0.104. The molecule has 3 aromatic rings. The van der Waals surface area contributed by atoms with Crippen molar-refractivity contribution in [3.63, 3.8) is 0 Å². The highest BCUT2D eigenvalue weighted by Crippen LogP contribution is 2.44. The van der Waals surface area contributed by atoms with E-state index in [2.05, 4.69) is 0 Å². The van der Waals surface area contributed by atoms with Gasteiger partial charge in [-0.1, -0.05) is 36.4 Å². The summed E-state index contributed by atoms with van der Waals surface area (Å²) >= 11 is 0. The molecule has 14 heteroatoms. The minimum absolute atomic E-state index is 0.0348. The minimum atomic E-state index is -4.20. The van der Waals surface area contributed by atoms with Crippen LogP contribution in [0.25, 0.3) is 0 Å². The maximum atomic E-state index is 14.5. The standard InChI is InChI=1S/C18H12Cl3O7PS3/c19-30(23,24)16-7-1-4-13(10-16)29(22,14-5-2-8-17(11-14)31(20,25)26)15-6-3-9-18(12-15)32(21,27)28/h1-12H. The van der Waals surface area contributed by atoms with Gasteiger partial charge in [0.15, 0.2) is 7.14 Å². The van der Waals surface area contributed by atoms with Crippen LogP contribution in [0.2, 0.25) is 0 Å². The van der Waals surface area contributed by atoms with Gasteiger partial charge in [-0.3, -0.25) is 0 Å². The van der Waals surface area contributed by atoms with Gasteiger partial charge in [0.25, 0.3) is 27.2 Å². The van der Waals surface area contributed by atoms with Crippen molar-refractivity contribution >= 4 is 82.3 Å². The SMILES string of the molecule is O=P(c1cccc(S(=O)(=O)Cl)c1)(c1cccc(S(=O)(=O)Cl)c1)c1cccc(S(=O)(=O)Cl)c1. The molecule has 0 N–H and O–H groups in total. The second-order valence-corrected chi connectivity index (χ2v) is 16.9. The smallest absolute Gasteiger partial charge is 0.261 e. The van der Waals surface area contributed by atoms with Crippen LogP contribution >= 0.6 is 39.2 Å². The molecule has 0 bridgehead atoms. The van der Waals surface area contributed by atoms with Crippen molar-refractivity contribution in [3.05, 3.63) is 72.8 Å². The van der Waals surface area contributed by atoms with E-state index in [-0.39, 0.29) is 30.6 Å². The fourth-order valence-electron chi connectivity index (χ4n) is 2.94. The first-order valence-corrected chi connectivity index (χ1v) is 17.0. The van der Waals surface area contributed by atoms with E-state index in [1.807, 2.05) is 0 Å². The van der Waals surface area contributed by atoms with Crippen molar-refractivity contribution < 1.29 is 29.8 Å². The van der Waals surface area contributed by atoms with Gasteiger partial charge in [0.2, 0.25) is 0 Å². The lowest BCUT2D eigenvalue weighted by Crippen LogP contribution is -2.26. The molecule has 7 nitrogen and oxygen atoms in total. The van der Waals surface area contributed by atoms with E-state index in [0.29, 0.717) is 0 Å². The number of benzene rings is 3. The van der Waals surface area contributed by atoms with Crippen molar-refractivity contribution in [2.45, 2.75) is 14.7 Å². The van der Waals surface area contributed by atoms with Crippen LogP contribution in [-0.4, -0.2) is 25.3 Å². The van der Waals surface area contributed by atoms with Gasteiger partial charge in [-0.2, -0.15) is 0 Å². The van der Waals surface area contributed by atoms with Gasteiger partial charge >= 0.3 is 0 Å². The molecule has 3 rings (SSSR count). The van der Waals surface area contributed by atoms with Crippen LogP contribution < -0.4 is 15.9 Å². The predicted octanol–water partition coefficient (Wildman–Crippen LogP) is 3.11. The van der Waals surface area contributed by atoms with Crippen LogP contribution in [0.4, 0.5) is 0 Å². The van der Waals surface area contributed by atoms with Crippen molar-refractivity contribution in [1.29, 1.82) is 0 Å². The van der Waals surface area contributed by atoms with E-state index in [1.54, 1.807) is 0 Å². The topological polar surface area (TPSA) is 119 Å². The number of halogens is 3. The monoisotopic (exact) mass is 572 g/mol. The van der Waals surface area contributed by atoms with E-state index in [9.17, 15) is 29.8 Å². The van der Waals surface area contributed by atoms with Gasteiger partial charge in [0.05, 0.1) is 14.7 Å². The first kappa shape index (κ1) is 25.2. The van der Waals surface area contributed by atoms with Crippen molar-refractivity contribution in [3.8, 4) is 0 Å². The van der Waals surface area contributed by atoms with Gasteiger partial charge < -0.3 is 4.57 Å². The lowest BCUT2D eigenvalue weighted by atomic mass is 10.3. The van der Waals surface area contributed by atoms with E-state index >= 15 is 0 Å². The molecule has 0 saturated heterocycles. The van der Waals surface area contributed by atoms with Crippen LogP contribution in [-0.2, 0) is 31.7 Å². The molecule has 0 heterocycles. The molecule has 0 atom stereocenters. The molecule has 0 spiro atoms. The zero-order chi connectivity index (χ0) is 23.9. The van der Waals surface area contributed by atoms with Gasteiger partial charge in [-0.25, -0.2) is 25.3 Å². The normalized spacial score (nSPS) is 13.1. The Balaban J connectivity index is 2.43. The molecule has 0 aliphatic carbocycles. The Labute approximate surface area is 198 Å². The van der Waals surface area contributed by atoms with Crippen LogP contribution in [0.15, 0.2) is 87.5 Å². The second-order valence-electron chi connectivity index (χ2n) is 6.41. The Kier molecular flexibility index (Phi) is 6.91. The molecule has 0 unspecified atom stereocenters. The summed E-state index contributed by atoms with van der Waals surface area (Å²) in [4.78, 5) is -1.04. The molecule has 0 radical (unpaired) electrons. The summed E-state index contributed by atoms with van der Waals surface area (Å²) in [5.41, 5.74) is 0. The van der Waals surface area contributed by atoms with Crippen LogP contribution in [0.5, 0.6) is 0 Å². The van der Waals surface area contributed by atoms with Crippen molar-refractivity contribution in [2.75, 3.05) is 0 Å². The number of hydrogen-bond acceptors (Lipinski definition) is 7. The minimum Gasteiger partial charge on any atom is -0.309 e. The highest BCUT2D eigenvalue weighted by atomic mass is 35.7. The van der Waals surface area contributed by atoms with Crippen LogP contribution in [0, 0.1) is 0 Å². The third kappa shape index (κ3) is 5.22. The summed E-state index contributed by atoms with van der Waals surface area (Å²) in [7, 11) is -0.327. The average Bonchev–Trinajstić information content (AvgIpc) is 2.71. The van der Waals surface area contributed by atoms with Crippen LogP contribution in [0.1, 0.15) is 0 Å². The first-order chi connectivity index (χ1) is 14.6. The summed E-state index contributed by atoms with van der Waals surface area (Å²) in [6.45, 7) is 0. The molecule has 0 saturated carbocycles.